The van der Waals surface area contributed by atoms with Crippen molar-refractivity contribution in [1.82, 2.24) is 0 Å². The lowest BCUT2D eigenvalue weighted by Crippen LogP contribution is -2.56. The predicted octanol–water partition coefficient (Wildman–Crippen LogP) is -0.533. The average Bonchev–Trinajstić information content (AvgIpc) is 2.56. The number of rotatable bonds is 4. The number of hydrogen-bond acceptors (Lipinski definition) is 7. The number of benzene rings is 1. The van der Waals surface area contributed by atoms with E-state index < -0.39 is 36.5 Å². The first kappa shape index (κ1) is 17.4. The van der Waals surface area contributed by atoms with Gasteiger partial charge in [-0.1, -0.05) is 12.1 Å². The highest BCUT2D eigenvalue weighted by molar-refractivity contribution is 5.87. The molecule has 1 aliphatic rings. The summed E-state index contributed by atoms with van der Waals surface area (Å²) < 4.78 is 10.1. The summed E-state index contributed by atoms with van der Waals surface area (Å²) in [5.74, 6) is -0.0869. The fourth-order valence-electron chi connectivity index (χ4n) is 2.38. The molecule has 0 amide bonds. The van der Waals surface area contributed by atoms with Crippen LogP contribution in [0.2, 0.25) is 0 Å². The Bertz CT molecular complexity index is 571. The van der Waals surface area contributed by atoms with Crippen LogP contribution in [0.1, 0.15) is 12.0 Å². The number of carbonyl (C=O) groups is 1. The van der Waals surface area contributed by atoms with Gasteiger partial charge in [-0.2, -0.15) is 0 Å². The zero-order valence-electron chi connectivity index (χ0n) is 12.6. The maximum atomic E-state index is 11.8. The molecule has 1 aromatic carbocycles. The first-order valence-corrected chi connectivity index (χ1v) is 7.17. The summed E-state index contributed by atoms with van der Waals surface area (Å²) in [6.07, 6.45) is -4.32. The quantitative estimate of drug-likeness (QED) is 0.434. The third-order valence-electron chi connectivity index (χ3n) is 3.72. The summed E-state index contributed by atoms with van der Waals surface area (Å²) in [6.45, 7) is 0. The Morgan fingerprint density at radius 2 is 1.91 bits per heavy atom. The predicted molar refractivity (Wildman–Crippen MR) is 80.6 cm³/mol. The molecule has 0 aliphatic heterocycles. The van der Waals surface area contributed by atoms with Crippen LogP contribution in [0, 0.1) is 0 Å². The molecule has 0 spiro atoms. The molecule has 23 heavy (non-hydrogen) atoms. The van der Waals surface area contributed by atoms with Gasteiger partial charge < -0.3 is 29.9 Å². The van der Waals surface area contributed by atoms with E-state index in [4.69, 9.17) is 9.47 Å². The van der Waals surface area contributed by atoms with Crippen LogP contribution in [0.3, 0.4) is 0 Å². The maximum Gasteiger partial charge on any atom is 0.331 e. The molecule has 4 N–H and O–H groups in total. The third-order valence-corrected chi connectivity index (χ3v) is 3.72. The molecule has 2 rings (SSSR count). The van der Waals surface area contributed by atoms with Crippen LogP contribution >= 0.6 is 0 Å². The van der Waals surface area contributed by atoms with Crippen molar-refractivity contribution in [3.05, 3.63) is 35.9 Å². The van der Waals surface area contributed by atoms with Gasteiger partial charge in [-0.15, -0.1) is 0 Å². The van der Waals surface area contributed by atoms with E-state index >= 15 is 0 Å². The number of carbonyl (C=O) groups excluding carboxylic acids is 1. The summed E-state index contributed by atoms with van der Waals surface area (Å²) in [5, 5.41) is 38.4. The van der Waals surface area contributed by atoms with Crippen molar-refractivity contribution in [2.45, 2.75) is 36.9 Å². The monoisotopic (exact) mass is 324 g/mol. The SMILES string of the molecule is COc1cccc(/C=C/C(=O)O[C@H]2C[C@@H](O)[C@H](O)[C@@H](O)[C@H]2O)c1. The van der Waals surface area contributed by atoms with E-state index in [1.807, 2.05) is 0 Å². The van der Waals surface area contributed by atoms with Crippen LogP contribution in [-0.2, 0) is 9.53 Å². The summed E-state index contributed by atoms with van der Waals surface area (Å²) in [4.78, 5) is 11.8. The Hall–Kier alpha value is -1.93. The molecule has 5 atom stereocenters. The lowest BCUT2D eigenvalue weighted by atomic mass is 9.87. The van der Waals surface area contributed by atoms with Gasteiger partial charge in [0.15, 0.2) is 0 Å². The van der Waals surface area contributed by atoms with Gasteiger partial charge in [0, 0.05) is 12.5 Å². The van der Waals surface area contributed by atoms with Crippen molar-refractivity contribution in [2.24, 2.45) is 0 Å². The molecule has 7 heteroatoms. The van der Waals surface area contributed by atoms with Gasteiger partial charge in [-0.25, -0.2) is 4.79 Å². The van der Waals surface area contributed by atoms with Gasteiger partial charge in [-0.05, 0) is 23.8 Å². The largest absolute Gasteiger partial charge is 0.497 e. The van der Waals surface area contributed by atoms with Crippen LogP contribution in [0.5, 0.6) is 5.75 Å². The molecule has 0 radical (unpaired) electrons. The molecule has 1 saturated carbocycles. The average molecular weight is 324 g/mol. The van der Waals surface area contributed by atoms with Crippen LogP contribution in [0.4, 0.5) is 0 Å². The molecular formula is C16H20O7. The van der Waals surface area contributed by atoms with Crippen molar-refractivity contribution in [3.8, 4) is 5.75 Å². The molecule has 0 bridgehead atoms. The lowest BCUT2D eigenvalue weighted by Gasteiger charge is -2.37. The Morgan fingerprint density at radius 3 is 2.61 bits per heavy atom. The Labute approximate surface area is 133 Å². The molecule has 7 nitrogen and oxygen atoms in total. The van der Waals surface area contributed by atoms with E-state index in [-0.39, 0.29) is 6.42 Å². The number of aliphatic hydroxyl groups excluding tert-OH is 4. The zero-order valence-corrected chi connectivity index (χ0v) is 12.6. The number of hydrogen-bond donors (Lipinski definition) is 4. The van der Waals surface area contributed by atoms with Crippen molar-refractivity contribution >= 4 is 12.0 Å². The first-order valence-electron chi connectivity index (χ1n) is 7.17. The van der Waals surface area contributed by atoms with E-state index in [1.165, 1.54) is 19.3 Å². The number of ether oxygens (including phenoxy) is 2. The van der Waals surface area contributed by atoms with Crippen LogP contribution < -0.4 is 4.74 Å². The van der Waals surface area contributed by atoms with E-state index in [1.54, 1.807) is 24.3 Å². The van der Waals surface area contributed by atoms with Gasteiger partial charge >= 0.3 is 5.97 Å². The first-order chi connectivity index (χ1) is 10.9. The maximum absolute atomic E-state index is 11.8. The number of esters is 1. The lowest BCUT2D eigenvalue weighted by molar-refractivity contribution is -0.193. The summed E-state index contributed by atoms with van der Waals surface area (Å²) in [6, 6.07) is 7.03. The zero-order chi connectivity index (χ0) is 17.0. The molecule has 0 saturated heterocycles. The standard InChI is InChI=1S/C16H20O7/c1-22-10-4-2-3-9(7-10)5-6-13(18)23-12-8-11(17)14(19)16(21)15(12)20/h2-7,11-12,14-17,19-21H,8H2,1H3/b6-5+/t11-,12+,14+,15+,16-/m1/s1. The molecular weight excluding hydrogens is 304 g/mol. The third kappa shape index (κ3) is 4.29. The second kappa shape index (κ2) is 7.56. The summed E-state index contributed by atoms with van der Waals surface area (Å²) >= 11 is 0. The van der Waals surface area contributed by atoms with Crippen LogP contribution in [0.15, 0.2) is 30.3 Å². The fourth-order valence-corrected chi connectivity index (χ4v) is 2.38. The van der Waals surface area contributed by atoms with Crippen molar-refractivity contribution < 1.29 is 34.7 Å². The van der Waals surface area contributed by atoms with Gasteiger partial charge in [0.05, 0.1) is 13.2 Å². The number of aliphatic hydroxyl groups is 4. The Morgan fingerprint density at radius 1 is 1.17 bits per heavy atom. The van der Waals surface area contributed by atoms with E-state index in [2.05, 4.69) is 0 Å². The second-order valence-corrected chi connectivity index (χ2v) is 5.36. The molecule has 1 aliphatic carbocycles. The molecule has 0 heterocycles. The van der Waals surface area contributed by atoms with Gasteiger partial charge in [-0.3, -0.25) is 0 Å². The second-order valence-electron chi connectivity index (χ2n) is 5.36. The smallest absolute Gasteiger partial charge is 0.331 e. The Kier molecular flexibility index (Phi) is 5.73. The molecule has 0 unspecified atom stereocenters. The highest BCUT2D eigenvalue weighted by Crippen LogP contribution is 2.23. The molecule has 0 aromatic heterocycles. The number of methoxy groups -OCH3 is 1. The summed E-state index contributed by atoms with van der Waals surface area (Å²) in [7, 11) is 1.53. The van der Waals surface area contributed by atoms with Crippen LogP contribution in [-0.4, -0.2) is 64.0 Å². The van der Waals surface area contributed by atoms with E-state index in [0.29, 0.717) is 5.75 Å². The molecule has 1 aromatic rings. The molecule has 126 valence electrons. The van der Waals surface area contributed by atoms with Gasteiger partial charge in [0.1, 0.15) is 30.2 Å². The minimum atomic E-state index is -1.57. The van der Waals surface area contributed by atoms with Crippen molar-refractivity contribution in [3.63, 3.8) is 0 Å². The van der Waals surface area contributed by atoms with Gasteiger partial charge in [0.25, 0.3) is 0 Å². The van der Waals surface area contributed by atoms with E-state index in [0.717, 1.165) is 5.56 Å². The minimum absolute atomic E-state index is 0.155. The highest BCUT2D eigenvalue weighted by atomic mass is 16.6. The topological polar surface area (TPSA) is 116 Å². The van der Waals surface area contributed by atoms with Crippen molar-refractivity contribution in [2.75, 3.05) is 7.11 Å². The fraction of sp³-hybridized carbons (Fsp3) is 0.438. The molecule has 1 fully saturated rings. The normalized spacial score (nSPS) is 31.1. The van der Waals surface area contributed by atoms with Crippen LogP contribution in [0.25, 0.3) is 6.08 Å². The minimum Gasteiger partial charge on any atom is -0.497 e. The van der Waals surface area contributed by atoms with Gasteiger partial charge in [0.2, 0.25) is 0 Å². The van der Waals surface area contributed by atoms with Crippen molar-refractivity contribution in [1.29, 1.82) is 0 Å². The van der Waals surface area contributed by atoms with E-state index in [9.17, 15) is 25.2 Å². The Balaban J connectivity index is 1.97. The highest BCUT2D eigenvalue weighted by Gasteiger charge is 2.43. The summed E-state index contributed by atoms with van der Waals surface area (Å²) in [5.41, 5.74) is 0.723.